The summed E-state index contributed by atoms with van der Waals surface area (Å²) in [6.07, 6.45) is 1.22. The first-order valence-corrected chi connectivity index (χ1v) is 7.31. The lowest BCUT2D eigenvalue weighted by atomic mass is 9.84. The summed E-state index contributed by atoms with van der Waals surface area (Å²) < 4.78 is 10.3. The number of piperidine rings is 1. The number of hydrogen-bond acceptors (Lipinski definition) is 5. The fourth-order valence-electron chi connectivity index (χ4n) is 2.59. The van der Waals surface area contributed by atoms with Crippen molar-refractivity contribution in [2.45, 2.75) is 24.9 Å². The highest BCUT2D eigenvalue weighted by Crippen LogP contribution is 2.35. The molecule has 5 nitrogen and oxygen atoms in total. The van der Waals surface area contributed by atoms with E-state index in [1.807, 2.05) is 30.3 Å². The van der Waals surface area contributed by atoms with Gasteiger partial charge < -0.3 is 14.8 Å². The normalized spacial score (nSPS) is 16.6. The third-order valence-corrected chi connectivity index (χ3v) is 3.87. The molecule has 1 fully saturated rings. The van der Waals surface area contributed by atoms with E-state index < -0.39 is 17.5 Å². The molecule has 5 heteroatoms. The van der Waals surface area contributed by atoms with Crippen LogP contribution in [0.15, 0.2) is 42.5 Å². The summed E-state index contributed by atoms with van der Waals surface area (Å²) in [6.45, 7) is 5.18. The summed E-state index contributed by atoms with van der Waals surface area (Å²) in [5, 5.41) is 3.27. The van der Waals surface area contributed by atoms with Crippen molar-refractivity contribution in [1.29, 1.82) is 0 Å². The molecule has 0 saturated carbocycles. The maximum Gasteiger partial charge on any atom is 0.334 e. The lowest BCUT2D eigenvalue weighted by molar-refractivity contribution is -0.160. The van der Waals surface area contributed by atoms with Crippen LogP contribution in [-0.2, 0) is 24.7 Å². The molecule has 1 aromatic carbocycles. The van der Waals surface area contributed by atoms with Crippen molar-refractivity contribution in [3.63, 3.8) is 0 Å². The first kappa shape index (κ1) is 16.2. The smallest absolute Gasteiger partial charge is 0.334 e. The van der Waals surface area contributed by atoms with Gasteiger partial charge in [0.25, 0.3) is 0 Å². The van der Waals surface area contributed by atoms with E-state index in [2.05, 4.69) is 16.6 Å². The Hall–Kier alpha value is -2.14. The highest BCUT2D eigenvalue weighted by molar-refractivity contribution is 5.93. The Morgan fingerprint density at radius 1 is 1.23 bits per heavy atom. The van der Waals surface area contributed by atoms with Crippen LogP contribution in [0.1, 0.15) is 24.8 Å². The van der Waals surface area contributed by atoms with Crippen LogP contribution in [0.2, 0.25) is 0 Å². The number of esters is 2. The van der Waals surface area contributed by atoms with Gasteiger partial charge in [-0.2, -0.15) is 0 Å². The number of benzene rings is 1. The van der Waals surface area contributed by atoms with Gasteiger partial charge in [-0.25, -0.2) is 4.79 Å². The van der Waals surface area contributed by atoms with Gasteiger partial charge in [0.2, 0.25) is 0 Å². The van der Waals surface area contributed by atoms with E-state index in [1.165, 1.54) is 7.11 Å². The highest BCUT2D eigenvalue weighted by atomic mass is 16.6. The van der Waals surface area contributed by atoms with Gasteiger partial charge in [-0.05, 0) is 18.7 Å². The second-order valence-corrected chi connectivity index (χ2v) is 5.36. The largest absolute Gasteiger partial charge is 0.469 e. The molecule has 0 atom stereocenters. The molecule has 118 valence electrons. The molecule has 0 unspecified atom stereocenters. The minimum absolute atomic E-state index is 0.112. The monoisotopic (exact) mass is 303 g/mol. The number of rotatable bonds is 5. The molecule has 1 saturated heterocycles. The molecule has 1 aliphatic heterocycles. The molecule has 1 aliphatic rings. The number of nitrogens with one attached hydrogen (secondary N) is 1. The van der Waals surface area contributed by atoms with Gasteiger partial charge in [0.05, 0.1) is 13.5 Å². The average Bonchev–Trinajstić information content (AvgIpc) is 2.56. The lowest BCUT2D eigenvalue weighted by Crippen LogP contribution is -2.43. The van der Waals surface area contributed by atoms with Crippen molar-refractivity contribution in [3.8, 4) is 0 Å². The van der Waals surface area contributed by atoms with E-state index >= 15 is 0 Å². The topological polar surface area (TPSA) is 64.6 Å². The molecule has 1 N–H and O–H groups in total. The van der Waals surface area contributed by atoms with Crippen LogP contribution in [0.25, 0.3) is 0 Å². The van der Waals surface area contributed by atoms with Gasteiger partial charge in [0, 0.05) is 18.4 Å². The van der Waals surface area contributed by atoms with Gasteiger partial charge in [-0.1, -0.05) is 36.9 Å². The fraction of sp³-hybridized carbons (Fsp3) is 0.412. The first-order valence-electron chi connectivity index (χ1n) is 7.31. The predicted octanol–water partition coefficient (Wildman–Crippen LogP) is 1.93. The van der Waals surface area contributed by atoms with Crippen LogP contribution >= 0.6 is 0 Å². The fourth-order valence-corrected chi connectivity index (χ4v) is 2.59. The van der Waals surface area contributed by atoms with Crippen molar-refractivity contribution in [2.75, 3.05) is 20.2 Å². The second kappa shape index (κ2) is 7.22. The maximum atomic E-state index is 12.3. The van der Waals surface area contributed by atoms with Gasteiger partial charge >= 0.3 is 11.9 Å². The van der Waals surface area contributed by atoms with Gasteiger partial charge in [-0.3, -0.25) is 4.79 Å². The molecular weight excluding hydrogens is 282 g/mol. The van der Waals surface area contributed by atoms with E-state index in [1.54, 1.807) is 0 Å². The highest BCUT2D eigenvalue weighted by Gasteiger charge is 2.38. The number of carbonyl (C=O) groups excluding carboxylic acids is 2. The average molecular weight is 303 g/mol. The van der Waals surface area contributed by atoms with E-state index in [9.17, 15) is 9.59 Å². The minimum atomic E-state index is -0.664. The van der Waals surface area contributed by atoms with Crippen LogP contribution in [0, 0.1) is 0 Å². The molecule has 2 rings (SSSR count). The Bertz CT molecular complexity index is 547. The standard InChI is InChI=1S/C17H21NO4/c1-13(12-15(19)21-2)16(20)22-17(8-10-18-11-9-17)14-6-4-3-5-7-14/h3-7,18H,1,8-12H2,2H3. The zero-order valence-corrected chi connectivity index (χ0v) is 12.8. The van der Waals surface area contributed by atoms with Crippen molar-refractivity contribution in [3.05, 3.63) is 48.0 Å². The summed E-state index contributed by atoms with van der Waals surface area (Å²) in [4.78, 5) is 23.6. The molecule has 1 heterocycles. The maximum absolute atomic E-state index is 12.3. The first-order chi connectivity index (χ1) is 10.6. The summed E-state index contributed by atoms with van der Waals surface area (Å²) >= 11 is 0. The minimum Gasteiger partial charge on any atom is -0.469 e. The van der Waals surface area contributed by atoms with Crippen LogP contribution in [-0.4, -0.2) is 32.1 Å². The van der Waals surface area contributed by atoms with Gasteiger partial charge in [-0.15, -0.1) is 0 Å². The number of ether oxygens (including phenoxy) is 2. The Balaban J connectivity index is 2.15. The van der Waals surface area contributed by atoms with Crippen molar-refractivity contribution in [1.82, 2.24) is 5.32 Å². The molecule has 0 aliphatic carbocycles. The summed E-state index contributed by atoms with van der Waals surface area (Å²) in [6, 6.07) is 9.70. The second-order valence-electron chi connectivity index (χ2n) is 5.36. The molecular formula is C17H21NO4. The zero-order valence-electron chi connectivity index (χ0n) is 12.8. The molecule has 22 heavy (non-hydrogen) atoms. The SMILES string of the molecule is C=C(CC(=O)OC)C(=O)OC1(c2ccccc2)CCNCC1. The molecule has 0 spiro atoms. The summed E-state index contributed by atoms with van der Waals surface area (Å²) in [5.74, 6) is -1.04. The van der Waals surface area contributed by atoms with E-state index in [0.717, 1.165) is 18.7 Å². The van der Waals surface area contributed by atoms with E-state index in [4.69, 9.17) is 4.74 Å². The van der Waals surface area contributed by atoms with E-state index in [0.29, 0.717) is 12.8 Å². The molecule has 0 amide bonds. The third kappa shape index (κ3) is 3.74. The summed E-state index contributed by atoms with van der Waals surface area (Å²) in [5.41, 5.74) is 0.416. The van der Waals surface area contributed by atoms with Crippen molar-refractivity contribution >= 4 is 11.9 Å². The van der Waals surface area contributed by atoms with Crippen LogP contribution in [0.5, 0.6) is 0 Å². The number of methoxy groups -OCH3 is 1. The lowest BCUT2D eigenvalue weighted by Gasteiger charge is -2.37. The third-order valence-electron chi connectivity index (χ3n) is 3.87. The van der Waals surface area contributed by atoms with Gasteiger partial charge in [0.15, 0.2) is 0 Å². The van der Waals surface area contributed by atoms with Crippen LogP contribution in [0.3, 0.4) is 0 Å². The Labute approximate surface area is 130 Å². The Morgan fingerprint density at radius 2 is 1.86 bits per heavy atom. The van der Waals surface area contributed by atoms with Crippen LogP contribution < -0.4 is 5.32 Å². The Kier molecular flexibility index (Phi) is 5.33. The Morgan fingerprint density at radius 3 is 2.45 bits per heavy atom. The van der Waals surface area contributed by atoms with Crippen molar-refractivity contribution < 1.29 is 19.1 Å². The van der Waals surface area contributed by atoms with Crippen LogP contribution in [0.4, 0.5) is 0 Å². The number of carbonyl (C=O) groups is 2. The quantitative estimate of drug-likeness (QED) is 0.665. The van der Waals surface area contributed by atoms with Gasteiger partial charge in [0.1, 0.15) is 5.60 Å². The van der Waals surface area contributed by atoms with E-state index in [-0.39, 0.29) is 12.0 Å². The molecule has 0 bridgehead atoms. The predicted molar refractivity (Wildman–Crippen MR) is 82.1 cm³/mol. The molecule has 0 aromatic heterocycles. The molecule has 0 radical (unpaired) electrons. The zero-order chi connectivity index (χ0) is 16.0. The number of hydrogen-bond donors (Lipinski definition) is 1. The van der Waals surface area contributed by atoms with Crippen molar-refractivity contribution in [2.24, 2.45) is 0 Å². The summed E-state index contributed by atoms with van der Waals surface area (Å²) in [7, 11) is 1.28. The molecule has 1 aromatic rings.